The first kappa shape index (κ1) is 12.3. The fourth-order valence-electron chi connectivity index (χ4n) is 2.65. The molecule has 1 aliphatic heterocycles. The van der Waals surface area contributed by atoms with Crippen molar-refractivity contribution in [2.45, 2.75) is 19.9 Å². The van der Waals surface area contributed by atoms with E-state index in [4.69, 9.17) is 8.94 Å². The summed E-state index contributed by atoms with van der Waals surface area (Å²) < 4.78 is 10.8. The molecule has 1 aliphatic rings. The Kier molecular flexibility index (Phi) is 2.86. The molecule has 1 aromatic carbocycles. The molecule has 0 spiro atoms. The van der Waals surface area contributed by atoms with Gasteiger partial charge in [-0.1, -0.05) is 11.2 Å². The molecule has 0 saturated carbocycles. The van der Waals surface area contributed by atoms with E-state index >= 15 is 0 Å². The lowest BCUT2D eigenvalue weighted by atomic mass is 9.98. The maximum absolute atomic E-state index is 5.40. The van der Waals surface area contributed by atoms with E-state index in [1.54, 1.807) is 6.26 Å². The zero-order valence-corrected chi connectivity index (χ0v) is 11.7. The van der Waals surface area contributed by atoms with E-state index in [0.717, 1.165) is 30.6 Å². The van der Waals surface area contributed by atoms with Crippen LogP contribution in [-0.4, -0.2) is 16.7 Å². The van der Waals surface area contributed by atoms with Crippen molar-refractivity contribution in [1.82, 2.24) is 15.5 Å². The van der Waals surface area contributed by atoms with E-state index in [1.165, 1.54) is 11.1 Å². The lowest BCUT2D eigenvalue weighted by Gasteiger charge is -2.16. The van der Waals surface area contributed by atoms with Crippen LogP contribution in [0.2, 0.25) is 0 Å². The first-order chi connectivity index (χ1) is 10.3. The minimum absolute atomic E-state index is 0.489. The van der Waals surface area contributed by atoms with Crippen LogP contribution in [0, 0.1) is 6.92 Å². The second-order valence-corrected chi connectivity index (χ2v) is 5.27. The molecule has 2 aromatic heterocycles. The smallest absolute Gasteiger partial charge is 0.258 e. The first-order valence-electron chi connectivity index (χ1n) is 7.02. The van der Waals surface area contributed by atoms with Crippen LogP contribution in [0.25, 0.3) is 23.0 Å². The molecule has 0 atom stereocenters. The molecule has 0 fully saturated rings. The molecule has 0 radical (unpaired) electrons. The van der Waals surface area contributed by atoms with Crippen LogP contribution in [0.4, 0.5) is 0 Å². The third kappa shape index (κ3) is 2.15. The van der Waals surface area contributed by atoms with Crippen LogP contribution >= 0.6 is 0 Å². The normalized spacial score (nSPS) is 14.1. The Morgan fingerprint density at radius 2 is 2.14 bits per heavy atom. The summed E-state index contributed by atoms with van der Waals surface area (Å²) in [6.07, 6.45) is 2.70. The lowest BCUT2D eigenvalue weighted by molar-refractivity contribution is 0.429. The van der Waals surface area contributed by atoms with E-state index in [2.05, 4.69) is 27.6 Å². The average molecular weight is 281 g/mol. The number of hydrogen-bond acceptors (Lipinski definition) is 5. The third-order valence-electron chi connectivity index (χ3n) is 3.83. The summed E-state index contributed by atoms with van der Waals surface area (Å²) in [4.78, 5) is 4.44. The number of furan rings is 1. The van der Waals surface area contributed by atoms with Crippen LogP contribution in [-0.2, 0) is 13.0 Å². The van der Waals surface area contributed by atoms with Crippen molar-refractivity contribution in [2.75, 3.05) is 6.54 Å². The third-order valence-corrected chi connectivity index (χ3v) is 3.83. The number of benzene rings is 1. The van der Waals surface area contributed by atoms with Gasteiger partial charge in [-0.3, -0.25) is 0 Å². The molecule has 21 heavy (non-hydrogen) atoms. The van der Waals surface area contributed by atoms with Gasteiger partial charge in [-0.25, -0.2) is 0 Å². The summed E-state index contributed by atoms with van der Waals surface area (Å²) >= 11 is 0. The minimum Gasteiger partial charge on any atom is -0.461 e. The predicted octanol–water partition coefficient (Wildman–Crippen LogP) is 2.95. The molecule has 5 nitrogen and oxygen atoms in total. The van der Waals surface area contributed by atoms with Crippen LogP contribution in [0.1, 0.15) is 16.7 Å². The summed E-state index contributed by atoms with van der Waals surface area (Å²) in [5.41, 5.74) is 4.63. The van der Waals surface area contributed by atoms with Crippen molar-refractivity contribution in [1.29, 1.82) is 0 Å². The van der Waals surface area contributed by atoms with Gasteiger partial charge in [0.2, 0.25) is 5.82 Å². The maximum atomic E-state index is 5.40. The lowest BCUT2D eigenvalue weighted by Crippen LogP contribution is -2.23. The van der Waals surface area contributed by atoms with Gasteiger partial charge in [0.15, 0.2) is 5.76 Å². The van der Waals surface area contributed by atoms with Crippen molar-refractivity contribution in [3.05, 3.63) is 47.2 Å². The van der Waals surface area contributed by atoms with Crippen molar-refractivity contribution in [3.8, 4) is 23.0 Å². The topological polar surface area (TPSA) is 64.1 Å². The molecule has 0 saturated heterocycles. The molecular formula is C16H15N3O2. The first-order valence-corrected chi connectivity index (χ1v) is 7.02. The number of fused-ring (bicyclic) bond motifs is 1. The number of nitrogens with one attached hydrogen (secondary N) is 1. The summed E-state index contributed by atoms with van der Waals surface area (Å²) in [5.74, 6) is 1.67. The quantitative estimate of drug-likeness (QED) is 0.782. The van der Waals surface area contributed by atoms with Crippen molar-refractivity contribution >= 4 is 0 Å². The molecule has 0 bridgehead atoms. The summed E-state index contributed by atoms with van der Waals surface area (Å²) in [6.45, 7) is 3.88. The van der Waals surface area contributed by atoms with E-state index in [9.17, 15) is 0 Å². The summed E-state index contributed by atoms with van der Waals surface area (Å²) in [6, 6.07) is 8.19. The zero-order valence-electron chi connectivity index (χ0n) is 11.7. The Balaban J connectivity index is 1.71. The maximum Gasteiger partial charge on any atom is 0.258 e. The predicted molar refractivity (Wildman–Crippen MR) is 77.6 cm³/mol. The Labute approximate surface area is 122 Å². The highest BCUT2D eigenvalue weighted by Crippen LogP contribution is 2.27. The molecule has 0 aliphatic carbocycles. The standard InChI is InChI=1S/C16H15N3O2/c1-10-5-7-20-14(10)15-18-16(21-19-15)12-3-2-11-4-6-17-9-13(11)8-12/h2-3,5,7-8,17H,4,6,9H2,1H3. The van der Waals surface area contributed by atoms with E-state index in [-0.39, 0.29) is 0 Å². The van der Waals surface area contributed by atoms with Gasteiger partial charge in [0, 0.05) is 12.1 Å². The molecule has 4 rings (SSSR count). The number of hydrogen-bond donors (Lipinski definition) is 1. The fourth-order valence-corrected chi connectivity index (χ4v) is 2.65. The Bertz CT molecular complexity index is 788. The number of aryl methyl sites for hydroxylation is 1. The van der Waals surface area contributed by atoms with Crippen LogP contribution in [0.15, 0.2) is 39.5 Å². The molecule has 0 amide bonds. The second kappa shape index (κ2) is 4.86. The molecular weight excluding hydrogens is 266 g/mol. The monoisotopic (exact) mass is 281 g/mol. The summed E-state index contributed by atoms with van der Waals surface area (Å²) in [5, 5.41) is 7.39. The van der Waals surface area contributed by atoms with E-state index < -0.39 is 0 Å². The second-order valence-electron chi connectivity index (χ2n) is 5.27. The highest BCUT2D eigenvalue weighted by molar-refractivity contribution is 5.60. The van der Waals surface area contributed by atoms with Gasteiger partial charge >= 0.3 is 0 Å². The number of rotatable bonds is 2. The average Bonchev–Trinajstić information content (AvgIpc) is 3.15. The van der Waals surface area contributed by atoms with Gasteiger partial charge in [0.05, 0.1) is 6.26 Å². The minimum atomic E-state index is 0.489. The highest BCUT2D eigenvalue weighted by atomic mass is 16.5. The van der Waals surface area contributed by atoms with Gasteiger partial charge in [-0.05, 0) is 54.8 Å². The number of aromatic nitrogens is 2. The highest BCUT2D eigenvalue weighted by Gasteiger charge is 2.16. The van der Waals surface area contributed by atoms with Gasteiger partial charge in [0.25, 0.3) is 5.89 Å². The molecule has 0 unspecified atom stereocenters. The largest absolute Gasteiger partial charge is 0.461 e. The molecule has 3 heterocycles. The molecule has 3 aromatic rings. The van der Waals surface area contributed by atoms with E-state index in [1.807, 2.05) is 19.1 Å². The SMILES string of the molecule is Cc1ccoc1-c1noc(-c2ccc3c(c2)CNCC3)n1. The number of nitrogens with zero attached hydrogens (tertiary/aromatic N) is 2. The Morgan fingerprint density at radius 3 is 3.00 bits per heavy atom. The van der Waals surface area contributed by atoms with Crippen LogP contribution in [0.3, 0.4) is 0 Å². The molecule has 106 valence electrons. The Morgan fingerprint density at radius 1 is 1.19 bits per heavy atom. The van der Waals surface area contributed by atoms with Gasteiger partial charge in [-0.2, -0.15) is 4.98 Å². The summed E-state index contributed by atoms with van der Waals surface area (Å²) in [7, 11) is 0. The fraction of sp³-hybridized carbons (Fsp3) is 0.250. The van der Waals surface area contributed by atoms with Gasteiger partial charge in [-0.15, -0.1) is 0 Å². The molecule has 1 N–H and O–H groups in total. The van der Waals surface area contributed by atoms with Crippen LogP contribution in [0.5, 0.6) is 0 Å². The van der Waals surface area contributed by atoms with Crippen molar-refractivity contribution in [3.63, 3.8) is 0 Å². The van der Waals surface area contributed by atoms with Crippen LogP contribution < -0.4 is 5.32 Å². The van der Waals surface area contributed by atoms with Crippen molar-refractivity contribution in [2.24, 2.45) is 0 Å². The van der Waals surface area contributed by atoms with Gasteiger partial charge in [0.1, 0.15) is 0 Å². The molecule has 5 heteroatoms. The van der Waals surface area contributed by atoms with E-state index in [0.29, 0.717) is 17.5 Å². The van der Waals surface area contributed by atoms with Crippen molar-refractivity contribution < 1.29 is 8.94 Å². The van der Waals surface area contributed by atoms with Gasteiger partial charge < -0.3 is 14.3 Å². The Hall–Kier alpha value is -2.40. The zero-order chi connectivity index (χ0) is 14.2.